The maximum Gasteiger partial charge on any atom is -0.0162 e. The first-order valence-corrected chi connectivity index (χ1v) is 14.0. The van der Waals surface area contributed by atoms with E-state index in [1.54, 1.807) is 11.1 Å². The molecule has 2 aromatic carbocycles. The Morgan fingerprint density at radius 2 is 1.00 bits per heavy atom. The lowest BCUT2D eigenvalue weighted by Crippen LogP contribution is -2.13. The highest BCUT2D eigenvalue weighted by molar-refractivity contribution is 5.64. The van der Waals surface area contributed by atoms with Crippen molar-refractivity contribution in [1.29, 1.82) is 0 Å². The Morgan fingerprint density at radius 3 is 1.44 bits per heavy atom. The molecule has 0 spiro atoms. The van der Waals surface area contributed by atoms with Gasteiger partial charge in [-0.25, -0.2) is 0 Å². The Balaban J connectivity index is 1.28. The quantitative estimate of drug-likeness (QED) is 0.347. The molecule has 0 unspecified atom stereocenters. The lowest BCUT2D eigenvalue weighted by Gasteiger charge is -2.29. The molecule has 0 aromatic heterocycles. The van der Waals surface area contributed by atoms with Crippen LogP contribution in [0.1, 0.15) is 127 Å². The molecule has 4 rings (SSSR count). The minimum atomic E-state index is 0.788. The molecular weight excluding hydrogens is 384 g/mol. The molecule has 2 fully saturated rings. The van der Waals surface area contributed by atoms with Crippen molar-refractivity contribution in [3.8, 4) is 11.1 Å². The molecule has 174 valence electrons. The molecule has 0 bridgehead atoms. The average Bonchev–Trinajstić information content (AvgIpc) is 2.87. The molecule has 32 heavy (non-hydrogen) atoms. The molecule has 0 heterocycles. The Labute approximate surface area is 198 Å². The van der Waals surface area contributed by atoms with E-state index in [1.165, 1.54) is 101 Å². The first-order chi connectivity index (χ1) is 15.8. The van der Waals surface area contributed by atoms with Crippen LogP contribution in [-0.2, 0) is 0 Å². The van der Waals surface area contributed by atoms with Gasteiger partial charge in [-0.15, -0.1) is 0 Å². The van der Waals surface area contributed by atoms with Crippen molar-refractivity contribution in [3.05, 3.63) is 59.7 Å². The van der Waals surface area contributed by atoms with Crippen LogP contribution in [0.4, 0.5) is 0 Å². The molecule has 2 saturated carbocycles. The van der Waals surface area contributed by atoms with Gasteiger partial charge in [-0.1, -0.05) is 101 Å². The SMILES string of the molecule is CCCCCCC1CCC(c2ccc(-c3ccc(C4CCC(CC)CC4)cc3)cc2)CC1. The zero-order chi connectivity index (χ0) is 22.2. The van der Waals surface area contributed by atoms with E-state index in [0.29, 0.717) is 0 Å². The molecule has 0 radical (unpaired) electrons. The molecule has 0 saturated heterocycles. The monoisotopic (exact) mass is 430 g/mol. The molecule has 2 aliphatic rings. The summed E-state index contributed by atoms with van der Waals surface area (Å²) in [5.41, 5.74) is 5.88. The highest BCUT2D eigenvalue weighted by Crippen LogP contribution is 2.39. The lowest BCUT2D eigenvalue weighted by atomic mass is 9.76. The van der Waals surface area contributed by atoms with Crippen LogP contribution in [0.15, 0.2) is 48.5 Å². The van der Waals surface area contributed by atoms with Crippen LogP contribution >= 0.6 is 0 Å². The van der Waals surface area contributed by atoms with Gasteiger partial charge in [0.15, 0.2) is 0 Å². The topological polar surface area (TPSA) is 0 Å². The van der Waals surface area contributed by atoms with E-state index in [0.717, 1.165) is 23.7 Å². The Morgan fingerprint density at radius 1 is 0.531 bits per heavy atom. The highest BCUT2D eigenvalue weighted by atomic mass is 14.3. The van der Waals surface area contributed by atoms with Crippen LogP contribution in [0.5, 0.6) is 0 Å². The summed E-state index contributed by atoms with van der Waals surface area (Å²) in [6.07, 6.45) is 19.8. The maximum atomic E-state index is 2.42. The molecule has 0 aliphatic heterocycles. The second kappa shape index (κ2) is 12.1. The van der Waals surface area contributed by atoms with Gasteiger partial charge in [0.2, 0.25) is 0 Å². The normalized spacial score (nSPS) is 26.2. The van der Waals surface area contributed by atoms with Gasteiger partial charge in [-0.3, -0.25) is 0 Å². The molecule has 2 aliphatic carbocycles. The van der Waals surface area contributed by atoms with Crippen molar-refractivity contribution in [3.63, 3.8) is 0 Å². The first kappa shape index (κ1) is 23.6. The number of hydrogen-bond acceptors (Lipinski definition) is 0. The summed E-state index contributed by atoms with van der Waals surface area (Å²) in [5.74, 6) is 3.55. The Bertz CT molecular complexity index is 768. The van der Waals surface area contributed by atoms with Gasteiger partial charge in [0.05, 0.1) is 0 Å². The Hall–Kier alpha value is -1.56. The predicted molar refractivity (Wildman–Crippen MR) is 140 cm³/mol. The van der Waals surface area contributed by atoms with Crippen molar-refractivity contribution in [2.24, 2.45) is 11.8 Å². The second-order valence-corrected chi connectivity index (χ2v) is 10.9. The van der Waals surface area contributed by atoms with Crippen LogP contribution in [0.3, 0.4) is 0 Å². The van der Waals surface area contributed by atoms with Crippen LogP contribution < -0.4 is 0 Å². The van der Waals surface area contributed by atoms with Crippen molar-refractivity contribution in [1.82, 2.24) is 0 Å². The average molecular weight is 431 g/mol. The van der Waals surface area contributed by atoms with Crippen LogP contribution in [0, 0.1) is 11.8 Å². The van der Waals surface area contributed by atoms with E-state index in [9.17, 15) is 0 Å². The van der Waals surface area contributed by atoms with Gasteiger partial charge in [0.1, 0.15) is 0 Å². The van der Waals surface area contributed by atoms with Crippen molar-refractivity contribution >= 4 is 0 Å². The van der Waals surface area contributed by atoms with Gasteiger partial charge >= 0.3 is 0 Å². The van der Waals surface area contributed by atoms with Crippen molar-refractivity contribution < 1.29 is 0 Å². The molecular formula is C32H46. The van der Waals surface area contributed by atoms with Gasteiger partial charge in [-0.2, -0.15) is 0 Å². The molecule has 0 N–H and O–H groups in total. The summed E-state index contributed by atoms with van der Waals surface area (Å²) >= 11 is 0. The third kappa shape index (κ3) is 6.27. The molecule has 2 aromatic rings. The number of unbranched alkanes of at least 4 members (excludes halogenated alkanes) is 3. The third-order valence-corrected chi connectivity index (χ3v) is 8.83. The fraction of sp³-hybridized carbons (Fsp3) is 0.625. The zero-order valence-electron chi connectivity index (χ0n) is 20.8. The van der Waals surface area contributed by atoms with Gasteiger partial charge in [-0.05, 0) is 97.3 Å². The smallest absolute Gasteiger partial charge is 0.0162 e. The lowest BCUT2D eigenvalue weighted by molar-refractivity contribution is 0.302. The van der Waals surface area contributed by atoms with Crippen molar-refractivity contribution in [2.45, 2.75) is 116 Å². The summed E-state index contributed by atoms with van der Waals surface area (Å²) in [6.45, 7) is 4.66. The largest absolute Gasteiger partial charge is 0.0654 e. The van der Waals surface area contributed by atoms with E-state index in [1.807, 2.05) is 0 Å². The summed E-state index contributed by atoms with van der Waals surface area (Å²) in [4.78, 5) is 0. The number of benzene rings is 2. The summed E-state index contributed by atoms with van der Waals surface area (Å²) in [6, 6.07) is 19.1. The van der Waals surface area contributed by atoms with Gasteiger partial charge in [0, 0.05) is 0 Å². The van der Waals surface area contributed by atoms with Gasteiger partial charge < -0.3 is 0 Å². The molecule has 0 amide bonds. The zero-order valence-corrected chi connectivity index (χ0v) is 20.8. The highest BCUT2D eigenvalue weighted by Gasteiger charge is 2.23. The second-order valence-electron chi connectivity index (χ2n) is 10.9. The van der Waals surface area contributed by atoms with E-state index in [4.69, 9.17) is 0 Å². The molecule has 0 nitrogen and oxygen atoms in total. The molecule has 0 atom stereocenters. The summed E-state index contributed by atoms with van der Waals surface area (Å²) in [5, 5.41) is 0. The van der Waals surface area contributed by atoms with E-state index in [-0.39, 0.29) is 0 Å². The van der Waals surface area contributed by atoms with Gasteiger partial charge in [0.25, 0.3) is 0 Å². The minimum absolute atomic E-state index is 0.788. The molecule has 0 heteroatoms. The van der Waals surface area contributed by atoms with Crippen molar-refractivity contribution in [2.75, 3.05) is 0 Å². The van der Waals surface area contributed by atoms with E-state index < -0.39 is 0 Å². The van der Waals surface area contributed by atoms with E-state index >= 15 is 0 Å². The Kier molecular flexibility index (Phi) is 8.89. The van der Waals surface area contributed by atoms with E-state index in [2.05, 4.69) is 62.4 Å². The van der Waals surface area contributed by atoms with Crippen LogP contribution in [0.25, 0.3) is 11.1 Å². The first-order valence-electron chi connectivity index (χ1n) is 14.0. The standard InChI is InChI=1S/C32H46/c1-3-5-6-7-8-26-11-15-28(16-12-26)30-19-23-32(24-20-30)31-21-17-29(18-22-31)27-13-9-25(4-2)10-14-27/h17-28H,3-16H2,1-2H3. The number of rotatable bonds is 9. The third-order valence-electron chi connectivity index (χ3n) is 8.83. The predicted octanol–water partition coefficient (Wildman–Crippen LogP) is 10.3. The fourth-order valence-electron chi connectivity index (χ4n) is 6.44. The van der Waals surface area contributed by atoms with Crippen LogP contribution in [0.2, 0.25) is 0 Å². The maximum absolute atomic E-state index is 2.42. The number of hydrogen-bond donors (Lipinski definition) is 0. The minimum Gasteiger partial charge on any atom is -0.0654 e. The summed E-state index contributed by atoms with van der Waals surface area (Å²) < 4.78 is 0. The summed E-state index contributed by atoms with van der Waals surface area (Å²) in [7, 11) is 0. The van der Waals surface area contributed by atoms with Crippen LogP contribution in [-0.4, -0.2) is 0 Å². The fourth-order valence-corrected chi connectivity index (χ4v) is 6.44.